The zero-order valence-corrected chi connectivity index (χ0v) is 18.3. The van der Waals surface area contributed by atoms with Crippen LogP contribution in [-0.2, 0) is 0 Å². The second-order valence-electron chi connectivity index (χ2n) is 8.03. The first-order valence-corrected chi connectivity index (χ1v) is 11.5. The Hall–Kier alpha value is -3.33. The summed E-state index contributed by atoms with van der Waals surface area (Å²) in [4.78, 5) is 19.3. The lowest BCUT2D eigenvalue weighted by atomic mass is 9.97. The van der Waals surface area contributed by atoms with Crippen molar-refractivity contribution in [2.24, 2.45) is 5.92 Å². The molecule has 1 saturated heterocycles. The van der Waals surface area contributed by atoms with Gasteiger partial charge < -0.3 is 15.3 Å². The lowest BCUT2D eigenvalue weighted by molar-refractivity contribution is 0.0680. The van der Waals surface area contributed by atoms with Crippen LogP contribution >= 0.6 is 11.3 Å². The maximum atomic E-state index is 12.7. The number of benzene rings is 1. The Morgan fingerprint density at radius 1 is 1.31 bits per heavy atom. The molecule has 2 radical (unpaired) electrons. The zero-order chi connectivity index (χ0) is 22.1. The number of hydrogen-bond acceptors (Lipinski definition) is 6. The van der Waals surface area contributed by atoms with Crippen LogP contribution in [0.25, 0.3) is 16.9 Å². The van der Waals surface area contributed by atoms with E-state index >= 15 is 0 Å². The Labute approximate surface area is 191 Å². The Kier molecular flexibility index (Phi) is 5.57. The summed E-state index contributed by atoms with van der Waals surface area (Å²) < 4.78 is 1.68. The molecule has 1 atom stereocenters. The van der Waals surface area contributed by atoms with Gasteiger partial charge in [-0.15, -0.1) is 0 Å². The first kappa shape index (κ1) is 20.6. The maximum Gasteiger partial charge on any atom is 0.254 e. The van der Waals surface area contributed by atoms with Crippen molar-refractivity contribution < 1.29 is 9.90 Å². The van der Waals surface area contributed by atoms with Crippen molar-refractivity contribution in [2.75, 3.05) is 25.0 Å². The average Bonchev–Trinajstić information content (AvgIpc) is 3.48. The van der Waals surface area contributed by atoms with E-state index in [1.54, 1.807) is 34.2 Å². The van der Waals surface area contributed by atoms with E-state index in [0.717, 1.165) is 30.8 Å². The monoisotopic (exact) mass is 443 g/mol. The van der Waals surface area contributed by atoms with E-state index in [9.17, 15) is 9.90 Å². The minimum Gasteiger partial charge on any atom is -0.507 e. The van der Waals surface area contributed by atoms with Gasteiger partial charge in [-0.1, -0.05) is 12.1 Å². The van der Waals surface area contributed by atoms with E-state index in [0.29, 0.717) is 41.4 Å². The van der Waals surface area contributed by atoms with Crippen LogP contribution in [0.4, 0.5) is 5.82 Å². The number of amides is 1. The van der Waals surface area contributed by atoms with E-state index in [1.165, 1.54) is 0 Å². The number of rotatable bonds is 5. The molecule has 0 spiro atoms. The summed E-state index contributed by atoms with van der Waals surface area (Å²) in [6.45, 7) is 2.19. The molecule has 1 aromatic carbocycles. The van der Waals surface area contributed by atoms with Crippen LogP contribution in [0.2, 0.25) is 0 Å². The fraction of sp³-hybridized carbons (Fsp3) is 0.261. The number of carbonyl (C=O) groups excluding carboxylic acids is 1. The number of fused-ring (bicyclic) bond motifs is 1. The lowest BCUT2D eigenvalue weighted by Crippen LogP contribution is -2.41. The predicted octanol–water partition coefficient (Wildman–Crippen LogP) is 2.92. The highest BCUT2D eigenvalue weighted by Gasteiger charge is 2.25. The van der Waals surface area contributed by atoms with Gasteiger partial charge in [0, 0.05) is 42.8 Å². The van der Waals surface area contributed by atoms with Crippen LogP contribution < -0.4 is 10.8 Å². The predicted molar refractivity (Wildman–Crippen MR) is 127 cm³/mol. The molecule has 32 heavy (non-hydrogen) atoms. The van der Waals surface area contributed by atoms with Crippen molar-refractivity contribution in [3.8, 4) is 17.0 Å². The summed E-state index contributed by atoms with van der Waals surface area (Å²) in [5.74, 6) is 1.31. The first-order valence-electron chi connectivity index (χ1n) is 10.6. The standard InChI is InChI=1S/C23H22BN5O2S/c24-18-12-26-29-21(10-19(27-22(18)29)17-5-1-2-6-20(17)30)25-11-15-4-3-8-28(13-15)23(31)16-7-9-32-14-16/h1-2,5-7,9-10,12,14-15,25,30H,3-4,8,11,13H2. The van der Waals surface area contributed by atoms with Crippen LogP contribution in [0.3, 0.4) is 0 Å². The Morgan fingerprint density at radius 2 is 2.19 bits per heavy atom. The van der Waals surface area contributed by atoms with E-state index in [1.807, 2.05) is 39.9 Å². The van der Waals surface area contributed by atoms with Gasteiger partial charge in [0.1, 0.15) is 19.4 Å². The van der Waals surface area contributed by atoms with Crippen molar-refractivity contribution in [3.05, 3.63) is 58.9 Å². The third kappa shape index (κ3) is 3.96. The number of thiophene rings is 1. The zero-order valence-electron chi connectivity index (χ0n) is 17.4. The molecule has 3 aromatic heterocycles. The molecule has 1 fully saturated rings. The van der Waals surface area contributed by atoms with E-state index < -0.39 is 0 Å². The van der Waals surface area contributed by atoms with Gasteiger partial charge in [-0.3, -0.25) is 4.79 Å². The van der Waals surface area contributed by atoms with Crippen LogP contribution in [-0.4, -0.2) is 58.0 Å². The molecule has 7 nitrogen and oxygen atoms in total. The molecule has 4 heterocycles. The van der Waals surface area contributed by atoms with Gasteiger partial charge >= 0.3 is 0 Å². The molecule has 1 amide bonds. The average molecular weight is 443 g/mol. The molecule has 1 aliphatic rings. The number of likely N-dealkylation sites (tertiary alicyclic amines) is 1. The molecular formula is C23H22BN5O2S. The summed E-state index contributed by atoms with van der Waals surface area (Å²) >= 11 is 1.54. The van der Waals surface area contributed by atoms with Crippen LogP contribution in [0.1, 0.15) is 23.2 Å². The van der Waals surface area contributed by atoms with Gasteiger partial charge in [-0.25, -0.2) is 4.98 Å². The van der Waals surface area contributed by atoms with Gasteiger partial charge in [0.2, 0.25) is 0 Å². The molecule has 1 unspecified atom stereocenters. The van der Waals surface area contributed by atoms with Crippen LogP contribution in [0.15, 0.2) is 53.4 Å². The van der Waals surface area contributed by atoms with Gasteiger partial charge in [0.25, 0.3) is 5.91 Å². The van der Waals surface area contributed by atoms with E-state index in [2.05, 4.69) is 15.4 Å². The second kappa shape index (κ2) is 8.66. The van der Waals surface area contributed by atoms with E-state index in [-0.39, 0.29) is 11.7 Å². The topological polar surface area (TPSA) is 82.8 Å². The van der Waals surface area contributed by atoms with E-state index in [4.69, 9.17) is 7.85 Å². The molecule has 0 aliphatic carbocycles. The van der Waals surface area contributed by atoms with Gasteiger partial charge in [-0.05, 0) is 47.8 Å². The molecule has 160 valence electrons. The van der Waals surface area contributed by atoms with Crippen molar-refractivity contribution in [2.45, 2.75) is 12.8 Å². The maximum absolute atomic E-state index is 12.7. The number of anilines is 1. The highest BCUT2D eigenvalue weighted by Crippen LogP contribution is 2.29. The summed E-state index contributed by atoms with van der Waals surface area (Å²) in [5, 5.41) is 22.0. The Balaban J connectivity index is 1.37. The van der Waals surface area contributed by atoms with Gasteiger partial charge in [0.15, 0.2) is 5.65 Å². The van der Waals surface area contributed by atoms with Crippen molar-refractivity contribution >= 4 is 42.0 Å². The Morgan fingerprint density at radius 3 is 3.00 bits per heavy atom. The normalized spacial score (nSPS) is 16.4. The summed E-state index contributed by atoms with van der Waals surface area (Å²) in [6.07, 6.45) is 3.60. The minimum absolute atomic E-state index is 0.101. The fourth-order valence-electron chi connectivity index (χ4n) is 4.17. The number of aromatic hydroxyl groups is 1. The van der Waals surface area contributed by atoms with Crippen molar-refractivity contribution in [1.29, 1.82) is 0 Å². The minimum atomic E-state index is 0.101. The van der Waals surface area contributed by atoms with Gasteiger partial charge in [-0.2, -0.15) is 21.0 Å². The van der Waals surface area contributed by atoms with Crippen LogP contribution in [0.5, 0.6) is 5.75 Å². The van der Waals surface area contributed by atoms with Crippen molar-refractivity contribution in [1.82, 2.24) is 19.5 Å². The largest absolute Gasteiger partial charge is 0.507 e. The van der Waals surface area contributed by atoms with Crippen molar-refractivity contribution in [3.63, 3.8) is 0 Å². The van der Waals surface area contributed by atoms with Gasteiger partial charge in [0.05, 0.1) is 11.3 Å². The molecular weight excluding hydrogens is 421 g/mol. The number of aromatic nitrogens is 3. The molecule has 4 aromatic rings. The number of phenolic OH excluding ortho intramolecular Hbond substituents is 1. The molecule has 0 bridgehead atoms. The number of nitrogens with one attached hydrogen (secondary N) is 1. The lowest BCUT2D eigenvalue weighted by Gasteiger charge is -2.33. The van der Waals surface area contributed by atoms with Crippen LogP contribution in [0, 0.1) is 5.92 Å². The molecule has 1 aliphatic heterocycles. The number of piperidine rings is 1. The quantitative estimate of drug-likeness (QED) is 0.464. The summed E-state index contributed by atoms with van der Waals surface area (Å²) in [7, 11) is 6.09. The summed E-state index contributed by atoms with van der Waals surface area (Å²) in [6, 6.07) is 10.8. The third-order valence-corrected chi connectivity index (χ3v) is 6.51. The SMILES string of the molecule is [B]c1cnn2c(NCC3CCCN(C(=O)c4ccsc4)C3)cc(-c3ccccc3O)nc12. The molecule has 5 rings (SSSR count). The molecule has 9 heteroatoms. The third-order valence-electron chi connectivity index (χ3n) is 5.83. The number of nitrogens with zero attached hydrogens (tertiary/aromatic N) is 4. The number of hydrogen-bond donors (Lipinski definition) is 2. The highest BCUT2D eigenvalue weighted by molar-refractivity contribution is 7.08. The second-order valence-corrected chi connectivity index (χ2v) is 8.81. The first-order chi connectivity index (χ1) is 15.6. The molecule has 2 N–H and O–H groups in total. The summed E-state index contributed by atoms with van der Waals surface area (Å²) in [5.41, 5.74) is 3.01. The Bertz CT molecular complexity index is 1260. The highest BCUT2D eigenvalue weighted by atomic mass is 32.1. The number of carbonyl (C=O) groups is 1. The fourth-order valence-corrected chi connectivity index (χ4v) is 4.80. The number of phenols is 1. The number of para-hydroxylation sites is 1. The molecule has 0 saturated carbocycles. The smallest absolute Gasteiger partial charge is 0.254 e.